The lowest BCUT2D eigenvalue weighted by molar-refractivity contribution is -0.122. The van der Waals surface area contributed by atoms with Crippen molar-refractivity contribution in [3.63, 3.8) is 0 Å². The van der Waals surface area contributed by atoms with Crippen LogP contribution in [0.5, 0.6) is 11.5 Å². The first-order chi connectivity index (χ1) is 17.3. The van der Waals surface area contributed by atoms with Crippen LogP contribution in [-0.4, -0.2) is 44.7 Å². The highest BCUT2D eigenvalue weighted by Gasteiger charge is 2.34. The zero-order chi connectivity index (χ0) is 26.1. The molecule has 7 nitrogen and oxygen atoms in total. The van der Waals surface area contributed by atoms with Crippen molar-refractivity contribution in [1.82, 2.24) is 4.90 Å². The van der Waals surface area contributed by atoms with E-state index in [0.717, 1.165) is 34.6 Å². The maximum atomic E-state index is 13.0. The van der Waals surface area contributed by atoms with Crippen LogP contribution in [0.25, 0.3) is 6.08 Å². The van der Waals surface area contributed by atoms with Crippen LogP contribution in [0.15, 0.2) is 61.1 Å². The van der Waals surface area contributed by atoms with Gasteiger partial charge in [0.25, 0.3) is 15.9 Å². The van der Waals surface area contributed by atoms with Crippen molar-refractivity contribution in [2.24, 2.45) is 4.40 Å². The van der Waals surface area contributed by atoms with Gasteiger partial charge < -0.3 is 9.47 Å². The van der Waals surface area contributed by atoms with Crippen LogP contribution in [0.3, 0.4) is 0 Å². The summed E-state index contributed by atoms with van der Waals surface area (Å²) in [5, 5.41) is 0.131. The molecule has 1 amide bonds. The van der Waals surface area contributed by atoms with Gasteiger partial charge >= 0.3 is 0 Å². The fraction of sp³-hybridized carbons (Fsp3) is 0.385. The Kier molecular flexibility index (Phi) is 10.4. The minimum Gasteiger partial charge on any atom is -0.493 e. The monoisotopic (exact) mass is 594 g/mol. The quantitative estimate of drug-likeness (QED) is 0.206. The molecular weight excluding hydrogens is 564 g/mol. The van der Waals surface area contributed by atoms with Crippen molar-refractivity contribution < 1.29 is 22.7 Å². The number of hydrogen-bond donors (Lipinski definition) is 0. The SMILES string of the molecule is CCCCCCCOc1ccc(/C=C2\S/C(=N/S(=O)(=O)c3ccc(Br)cc3)N(CC)C2=O)cc1OC. The van der Waals surface area contributed by atoms with Gasteiger partial charge in [-0.05, 0) is 73.1 Å². The average molecular weight is 596 g/mol. The van der Waals surface area contributed by atoms with Crippen LogP contribution < -0.4 is 9.47 Å². The predicted molar refractivity (Wildman–Crippen MR) is 149 cm³/mol. The Morgan fingerprint density at radius 1 is 1.03 bits per heavy atom. The number of carbonyl (C=O) groups excluding carboxylic acids is 1. The van der Waals surface area contributed by atoms with Gasteiger partial charge in [-0.15, -0.1) is 4.40 Å². The van der Waals surface area contributed by atoms with Gasteiger partial charge in [0.05, 0.1) is 23.5 Å². The number of hydrogen-bond acceptors (Lipinski definition) is 6. The highest BCUT2D eigenvalue weighted by atomic mass is 79.9. The molecule has 0 aliphatic carbocycles. The number of thioether (sulfide) groups is 1. The van der Waals surface area contributed by atoms with Crippen molar-refractivity contribution in [3.8, 4) is 11.5 Å². The molecule has 1 aliphatic heterocycles. The lowest BCUT2D eigenvalue weighted by Crippen LogP contribution is -2.29. The molecule has 0 saturated carbocycles. The van der Waals surface area contributed by atoms with Gasteiger partial charge in [0.2, 0.25) is 0 Å². The second-order valence-corrected chi connectivity index (χ2v) is 11.7. The summed E-state index contributed by atoms with van der Waals surface area (Å²) < 4.78 is 41.7. The van der Waals surface area contributed by atoms with E-state index in [1.165, 1.54) is 36.3 Å². The summed E-state index contributed by atoms with van der Waals surface area (Å²) in [4.78, 5) is 14.8. The fourth-order valence-corrected chi connectivity index (χ4v) is 6.06. The fourth-order valence-electron chi connectivity index (χ4n) is 3.55. The van der Waals surface area contributed by atoms with E-state index in [4.69, 9.17) is 9.47 Å². The number of amidine groups is 1. The number of benzene rings is 2. The minimum absolute atomic E-state index is 0.0606. The number of methoxy groups -OCH3 is 1. The molecule has 0 aromatic heterocycles. The molecule has 0 radical (unpaired) electrons. The smallest absolute Gasteiger partial charge is 0.284 e. The van der Waals surface area contributed by atoms with Crippen LogP contribution in [0, 0.1) is 0 Å². The first kappa shape index (κ1) is 28.3. The number of nitrogens with zero attached hydrogens (tertiary/aromatic N) is 2. The molecule has 1 saturated heterocycles. The number of halogens is 1. The standard InChI is InChI=1S/C26H31BrN2O5S2/c1-4-6-7-8-9-16-34-22-15-10-19(17-23(22)33-3)18-24-25(30)29(5-2)26(35-24)28-36(31,32)21-13-11-20(27)12-14-21/h10-15,17-18H,4-9,16H2,1-3H3/b24-18-,28-26+. The number of rotatable bonds is 12. The number of sulfonamides is 1. The molecule has 1 aliphatic rings. The second-order valence-electron chi connectivity index (χ2n) is 8.14. The first-order valence-corrected chi connectivity index (χ1v) is 15.0. The van der Waals surface area contributed by atoms with Gasteiger partial charge in [0, 0.05) is 11.0 Å². The Labute approximate surface area is 226 Å². The predicted octanol–water partition coefficient (Wildman–Crippen LogP) is 6.49. The topological polar surface area (TPSA) is 85.3 Å². The molecule has 194 valence electrons. The number of carbonyl (C=O) groups is 1. The molecule has 0 bridgehead atoms. The van der Waals surface area contributed by atoms with Gasteiger partial charge in [0.1, 0.15) is 0 Å². The van der Waals surface area contributed by atoms with Crippen LogP contribution in [0.4, 0.5) is 0 Å². The number of ether oxygens (including phenoxy) is 2. The summed E-state index contributed by atoms with van der Waals surface area (Å²) in [6.07, 6.45) is 7.48. The van der Waals surface area contributed by atoms with Crippen LogP contribution >= 0.6 is 27.7 Å². The molecule has 2 aromatic carbocycles. The van der Waals surface area contributed by atoms with E-state index in [2.05, 4.69) is 27.3 Å². The third-order valence-corrected chi connectivity index (χ3v) is 8.44. The summed E-state index contributed by atoms with van der Waals surface area (Å²) in [6, 6.07) is 11.7. The van der Waals surface area contributed by atoms with Gasteiger partial charge in [-0.3, -0.25) is 9.69 Å². The molecule has 0 N–H and O–H groups in total. The highest BCUT2D eigenvalue weighted by Crippen LogP contribution is 2.35. The van der Waals surface area contributed by atoms with Gasteiger partial charge in [-0.1, -0.05) is 54.6 Å². The molecule has 1 fully saturated rings. The maximum absolute atomic E-state index is 13.0. The molecular formula is C26H31BrN2O5S2. The van der Waals surface area contributed by atoms with Gasteiger partial charge in [-0.25, -0.2) is 0 Å². The summed E-state index contributed by atoms with van der Waals surface area (Å²) >= 11 is 4.33. The van der Waals surface area contributed by atoms with Gasteiger partial charge in [-0.2, -0.15) is 8.42 Å². The van der Waals surface area contributed by atoms with Crippen molar-refractivity contribution in [3.05, 3.63) is 57.4 Å². The van der Waals surface area contributed by atoms with Crippen LogP contribution in [0.1, 0.15) is 51.5 Å². The zero-order valence-corrected chi connectivity index (χ0v) is 23.9. The zero-order valence-electron chi connectivity index (χ0n) is 20.7. The van der Waals surface area contributed by atoms with E-state index in [1.807, 2.05) is 12.1 Å². The lowest BCUT2D eigenvalue weighted by atomic mass is 10.1. The van der Waals surface area contributed by atoms with E-state index < -0.39 is 10.0 Å². The third-order valence-electron chi connectivity index (χ3n) is 5.50. The van der Waals surface area contributed by atoms with E-state index in [0.29, 0.717) is 29.6 Å². The Morgan fingerprint density at radius 3 is 2.42 bits per heavy atom. The van der Waals surface area contributed by atoms with Crippen LogP contribution in [0.2, 0.25) is 0 Å². The molecule has 3 rings (SSSR count). The largest absolute Gasteiger partial charge is 0.493 e. The Bertz CT molecular complexity index is 1230. The van der Waals surface area contributed by atoms with E-state index in [-0.39, 0.29) is 16.0 Å². The first-order valence-electron chi connectivity index (χ1n) is 11.9. The normalized spacial score (nSPS) is 16.2. The second kappa shape index (κ2) is 13.3. The van der Waals surface area contributed by atoms with E-state index in [9.17, 15) is 13.2 Å². The number of unbranched alkanes of at least 4 members (excludes halogenated alkanes) is 4. The van der Waals surface area contributed by atoms with Crippen molar-refractivity contribution in [2.75, 3.05) is 20.3 Å². The van der Waals surface area contributed by atoms with E-state index >= 15 is 0 Å². The van der Waals surface area contributed by atoms with Crippen molar-refractivity contribution in [2.45, 2.75) is 50.8 Å². The summed E-state index contributed by atoms with van der Waals surface area (Å²) in [6.45, 7) is 4.88. The molecule has 2 aromatic rings. The number of likely N-dealkylation sites (N-methyl/N-ethyl adjacent to an activating group) is 1. The highest BCUT2D eigenvalue weighted by molar-refractivity contribution is 9.10. The molecule has 10 heteroatoms. The summed E-state index contributed by atoms with van der Waals surface area (Å²) in [7, 11) is -2.39. The Balaban J connectivity index is 1.77. The lowest BCUT2D eigenvalue weighted by Gasteiger charge is -2.12. The third kappa shape index (κ3) is 7.36. The molecule has 0 atom stereocenters. The summed E-state index contributed by atoms with van der Waals surface area (Å²) in [5.41, 5.74) is 0.742. The average Bonchev–Trinajstić information content (AvgIpc) is 3.14. The van der Waals surface area contributed by atoms with Crippen molar-refractivity contribution >= 4 is 54.9 Å². The Morgan fingerprint density at radius 2 is 1.75 bits per heavy atom. The molecule has 0 unspecified atom stereocenters. The molecule has 0 spiro atoms. The van der Waals surface area contributed by atoms with Gasteiger partial charge in [0.15, 0.2) is 16.7 Å². The molecule has 36 heavy (non-hydrogen) atoms. The van der Waals surface area contributed by atoms with E-state index in [1.54, 1.807) is 38.3 Å². The van der Waals surface area contributed by atoms with Crippen LogP contribution in [-0.2, 0) is 14.8 Å². The molecule has 1 heterocycles. The maximum Gasteiger partial charge on any atom is 0.284 e. The minimum atomic E-state index is -3.97. The van der Waals surface area contributed by atoms with Crippen molar-refractivity contribution in [1.29, 1.82) is 0 Å². The summed E-state index contributed by atoms with van der Waals surface area (Å²) in [5.74, 6) is 0.935. The number of amides is 1. The Hall–Kier alpha value is -2.30.